The molecule has 6 heteroatoms. The van der Waals surface area contributed by atoms with E-state index in [0.717, 1.165) is 17.1 Å². The molecular formula is C18H16ClN3OS. The Morgan fingerprint density at radius 1 is 1.08 bits per heavy atom. The van der Waals surface area contributed by atoms with Crippen LogP contribution >= 0.6 is 22.9 Å². The fourth-order valence-electron chi connectivity index (χ4n) is 2.16. The predicted molar refractivity (Wildman–Crippen MR) is 98.7 cm³/mol. The zero-order chi connectivity index (χ0) is 16.8. The van der Waals surface area contributed by atoms with Crippen molar-refractivity contribution >= 4 is 34.7 Å². The molecule has 2 N–H and O–H groups in total. The Labute approximate surface area is 149 Å². The minimum Gasteiger partial charge on any atom is -0.332 e. The van der Waals surface area contributed by atoms with Gasteiger partial charge in [-0.2, -0.15) is 0 Å². The molecule has 4 nitrogen and oxygen atoms in total. The number of carbonyl (C=O) groups is 1. The highest BCUT2D eigenvalue weighted by Crippen LogP contribution is 2.15. The summed E-state index contributed by atoms with van der Waals surface area (Å²) in [7, 11) is 0. The van der Waals surface area contributed by atoms with Gasteiger partial charge >= 0.3 is 6.03 Å². The van der Waals surface area contributed by atoms with Gasteiger partial charge in [0.1, 0.15) is 0 Å². The molecule has 0 radical (unpaired) electrons. The largest absolute Gasteiger partial charge is 0.332 e. The van der Waals surface area contributed by atoms with Crippen molar-refractivity contribution in [3.05, 3.63) is 81.3 Å². The number of nitrogens with zero attached hydrogens (tertiary/aromatic N) is 1. The first-order valence-corrected chi connectivity index (χ1v) is 8.72. The summed E-state index contributed by atoms with van der Waals surface area (Å²) in [6.45, 7) is 0.394. The number of nitrogens with one attached hydrogen (secondary N) is 2. The first kappa shape index (κ1) is 16.5. The van der Waals surface area contributed by atoms with Gasteiger partial charge in [-0.15, -0.1) is 11.3 Å². The number of urea groups is 1. The topological polar surface area (TPSA) is 54.0 Å². The number of hydrogen-bond acceptors (Lipinski definition) is 3. The van der Waals surface area contributed by atoms with E-state index in [2.05, 4.69) is 27.8 Å². The Hall–Kier alpha value is -2.37. The van der Waals surface area contributed by atoms with Gasteiger partial charge < -0.3 is 10.6 Å². The van der Waals surface area contributed by atoms with E-state index in [4.69, 9.17) is 11.6 Å². The van der Waals surface area contributed by atoms with Gasteiger partial charge in [0.05, 0.1) is 17.2 Å². The Bertz CT molecular complexity index is 803. The van der Waals surface area contributed by atoms with E-state index in [1.54, 1.807) is 35.6 Å². The SMILES string of the molecule is O=C(NCc1csc(Cc2ccccc2)n1)Nc1ccc(Cl)cc1. The highest BCUT2D eigenvalue weighted by molar-refractivity contribution is 7.09. The molecular weight excluding hydrogens is 342 g/mol. The molecule has 0 fully saturated rings. The summed E-state index contributed by atoms with van der Waals surface area (Å²) < 4.78 is 0. The van der Waals surface area contributed by atoms with Gasteiger partial charge in [-0.25, -0.2) is 9.78 Å². The van der Waals surface area contributed by atoms with Crippen LogP contribution in [0.25, 0.3) is 0 Å². The van der Waals surface area contributed by atoms with Crippen molar-refractivity contribution in [1.82, 2.24) is 10.3 Å². The monoisotopic (exact) mass is 357 g/mol. The second kappa shape index (κ2) is 7.95. The zero-order valence-electron chi connectivity index (χ0n) is 12.8. The maximum absolute atomic E-state index is 11.9. The van der Waals surface area contributed by atoms with Crippen LogP contribution in [0.4, 0.5) is 10.5 Å². The molecule has 3 aromatic rings. The van der Waals surface area contributed by atoms with Crippen LogP contribution in [0.1, 0.15) is 16.3 Å². The summed E-state index contributed by atoms with van der Waals surface area (Å²) >= 11 is 7.42. The fourth-order valence-corrected chi connectivity index (χ4v) is 3.12. The maximum Gasteiger partial charge on any atom is 0.319 e. The lowest BCUT2D eigenvalue weighted by Crippen LogP contribution is -2.28. The number of carbonyl (C=O) groups excluding carboxylic acids is 1. The third kappa shape index (κ3) is 4.81. The molecule has 2 aromatic carbocycles. The third-order valence-electron chi connectivity index (χ3n) is 3.33. The number of thiazole rings is 1. The van der Waals surface area contributed by atoms with Gasteiger partial charge in [0.15, 0.2) is 0 Å². The van der Waals surface area contributed by atoms with Crippen LogP contribution in [0.15, 0.2) is 60.0 Å². The number of benzene rings is 2. The molecule has 0 unspecified atom stereocenters. The van der Waals surface area contributed by atoms with Crippen LogP contribution in [0.5, 0.6) is 0 Å². The van der Waals surface area contributed by atoms with E-state index in [-0.39, 0.29) is 6.03 Å². The van der Waals surface area contributed by atoms with Gasteiger partial charge in [0, 0.05) is 22.5 Å². The average molecular weight is 358 g/mol. The van der Waals surface area contributed by atoms with Crippen molar-refractivity contribution in [2.45, 2.75) is 13.0 Å². The predicted octanol–water partition coefficient (Wildman–Crippen LogP) is 4.71. The normalized spacial score (nSPS) is 10.4. The van der Waals surface area contributed by atoms with Crippen LogP contribution in [0.2, 0.25) is 5.02 Å². The molecule has 0 saturated heterocycles. The Kier molecular flexibility index (Phi) is 5.46. The highest BCUT2D eigenvalue weighted by Gasteiger charge is 2.06. The number of anilines is 1. The molecule has 1 aromatic heterocycles. The molecule has 0 bridgehead atoms. The lowest BCUT2D eigenvalue weighted by Gasteiger charge is -2.06. The minimum atomic E-state index is -0.269. The molecule has 2 amide bonds. The second-order valence-electron chi connectivity index (χ2n) is 5.21. The van der Waals surface area contributed by atoms with Crippen molar-refractivity contribution in [2.75, 3.05) is 5.32 Å². The summed E-state index contributed by atoms with van der Waals surface area (Å²) in [4.78, 5) is 16.4. The molecule has 0 aliphatic heterocycles. The Balaban J connectivity index is 1.50. The van der Waals surface area contributed by atoms with E-state index >= 15 is 0 Å². The van der Waals surface area contributed by atoms with Crippen molar-refractivity contribution in [2.24, 2.45) is 0 Å². The quantitative estimate of drug-likeness (QED) is 0.694. The summed E-state index contributed by atoms with van der Waals surface area (Å²) in [5, 5.41) is 9.20. The number of amides is 2. The van der Waals surface area contributed by atoms with E-state index in [9.17, 15) is 4.79 Å². The van der Waals surface area contributed by atoms with Gasteiger partial charge in [0.25, 0.3) is 0 Å². The molecule has 0 saturated carbocycles. The molecule has 0 aliphatic carbocycles. The molecule has 1 heterocycles. The second-order valence-corrected chi connectivity index (χ2v) is 6.59. The van der Waals surface area contributed by atoms with Crippen LogP contribution in [-0.4, -0.2) is 11.0 Å². The molecule has 122 valence electrons. The van der Waals surface area contributed by atoms with Gasteiger partial charge in [0.2, 0.25) is 0 Å². The van der Waals surface area contributed by atoms with E-state index in [0.29, 0.717) is 17.3 Å². The van der Waals surface area contributed by atoms with Gasteiger partial charge in [-0.3, -0.25) is 0 Å². The number of halogens is 1. The standard InChI is InChI=1S/C18H16ClN3OS/c19-14-6-8-15(9-7-14)22-18(23)20-11-16-12-24-17(21-16)10-13-4-2-1-3-5-13/h1-9,12H,10-11H2,(H2,20,22,23). The highest BCUT2D eigenvalue weighted by atomic mass is 35.5. The van der Waals surface area contributed by atoms with E-state index in [1.807, 2.05) is 23.6 Å². The lowest BCUT2D eigenvalue weighted by molar-refractivity contribution is 0.251. The van der Waals surface area contributed by atoms with Crippen molar-refractivity contribution in [3.8, 4) is 0 Å². The molecule has 3 rings (SSSR count). The van der Waals surface area contributed by atoms with Crippen molar-refractivity contribution in [3.63, 3.8) is 0 Å². The summed E-state index contributed by atoms with van der Waals surface area (Å²) in [5.74, 6) is 0. The van der Waals surface area contributed by atoms with Crippen LogP contribution < -0.4 is 10.6 Å². The van der Waals surface area contributed by atoms with Crippen LogP contribution in [0.3, 0.4) is 0 Å². The summed E-state index contributed by atoms with van der Waals surface area (Å²) in [6, 6.07) is 16.9. The molecule has 0 aliphatic rings. The summed E-state index contributed by atoms with van der Waals surface area (Å²) in [5.41, 5.74) is 2.78. The first-order chi connectivity index (χ1) is 11.7. The molecule has 0 spiro atoms. The smallest absolute Gasteiger partial charge is 0.319 e. The fraction of sp³-hybridized carbons (Fsp3) is 0.111. The zero-order valence-corrected chi connectivity index (χ0v) is 14.4. The minimum absolute atomic E-state index is 0.269. The maximum atomic E-state index is 11.9. The molecule has 24 heavy (non-hydrogen) atoms. The molecule has 0 atom stereocenters. The third-order valence-corrected chi connectivity index (χ3v) is 4.48. The lowest BCUT2D eigenvalue weighted by atomic mass is 10.2. The first-order valence-electron chi connectivity index (χ1n) is 7.47. The van der Waals surface area contributed by atoms with Crippen LogP contribution in [0, 0.1) is 0 Å². The number of hydrogen-bond donors (Lipinski definition) is 2. The average Bonchev–Trinajstić information content (AvgIpc) is 3.03. The van der Waals surface area contributed by atoms with Crippen molar-refractivity contribution < 1.29 is 4.79 Å². The van der Waals surface area contributed by atoms with Gasteiger partial charge in [-0.05, 0) is 29.8 Å². The van der Waals surface area contributed by atoms with Crippen LogP contribution in [-0.2, 0) is 13.0 Å². The Morgan fingerprint density at radius 2 is 1.83 bits per heavy atom. The number of aromatic nitrogens is 1. The van der Waals surface area contributed by atoms with Crippen molar-refractivity contribution in [1.29, 1.82) is 0 Å². The summed E-state index contributed by atoms with van der Waals surface area (Å²) in [6.07, 6.45) is 0.808. The van der Waals surface area contributed by atoms with Gasteiger partial charge in [-0.1, -0.05) is 41.9 Å². The Morgan fingerprint density at radius 3 is 2.58 bits per heavy atom. The van der Waals surface area contributed by atoms with E-state index < -0.39 is 0 Å². The number of rotatable bonds is 5. The van der Waals surface area contributed by atoms with E-state index in [1.165, 1.54) is 5.56 Å².